The number of hydrogen-bond donors (Lipinski definition) is 2. The Bertz CT molecular complexity index is 613. The Labute approximate surface area is 119 Å². The summed E-state index contributed by atoms with van der Waals surface area (Å²) in [5, 5.41) is 17.6. The number of anilines is 1. The van der Waals surface area contributed by atoms with Crippen molar-refractivity contribution in [3.05, 3.63) is 34.7 Å². The average molecular weight is 295 g/mol. The lowest BCUT2D eigenvalue weighted by molar-refractivity contribution is 0.301. The predicted molar refractivity (Wildman–Crippen MR) is 78.4 cm³/mol. The number of aliphatic hydroxyl groups excluding tert-OH is 1. The Morgan fingerprint density at radius 2 is 2.00 bits per heavy atom. The van der Waals surface area contributed by atoms with Crippen LogP contribution in [0.1, 0.15) is 5.56 Å². The second-order valence-corrected chi connectivity index (χ2v) is 5.96. The van der Waals surface area contributed by atoms with Gasteiger partial charge in [0.25, 0.3) is 10.0 Å². The van der Waals surface area contributed by atoms with E-state index in [1.54, 1.807) is 18.2 Å². The van der Waals surface area contributed by atoms with Crippen LogP contribution in [0.15, 0.2) is 29.2 Å². The molecule has 108 valence electrons. The van der Waals surface area contributed by atoms with E-state index in [-0.39, 0.29) is 18.1 Å². The second-order valence-electron chi connectivity index (χ2n) is 4.23. The fourth-order valence-corrected chi connectivity index (χ4v) is 2.37. The molecule has 0 bridgehead atoms. The van der Waals surface area contributed by atoms with Crippen molar-refractivity contribution < 1.29 is 13.5 Å². The third-order valence-corrected chi connectivity index (χ3v) is 3.88. The summed E-state index contributed by atoms with van der Waals surface area (Å²) in [6.07, 6.45) is 1.29. The molecule has 0 unspecified atom stereocenters. The van der Waals surface area contributed by atoms with E-state index < -0.39 is 10.0 Å². The number of nitrogens with one attached hydrogen (secondary N) is 1. The summed E-state index contributed by atoms with van der Waals surface area (Å²) in [6.45, 7) is -0.448. The number of nitrogens with zero attached hydrogens (tertiary/aromatic N) is 2. The van der Waals surface area contributed by atoms with Crippen LogP contribution in [0.3, 0.4) is 0 Å². The molecule has 0 saturated heterocycles. The van der Waals surface area contributed by atoms with Crippen LogP contribution in [0.2, 0.25) is 0 Å². The van der Waals surface area contributed by atoms with Crippen LogP contribution >= 0.6 is 0 Å². The number of sulfonamides is 1. The lowest BCUT2D eigenvalue weighted by atomic mass is 10.2. The van der Waals surface area contributed by atoms with Crippen molar-refractivity contribution in [3.63, 3.8) is 0 Å². The topological polar surface area (TPSA) is 93.4 Å². The lowest BCUT2D eigenvalue weighted by Gasteiger charge is -2.12. The van der Waals surface area contributed by atoms with Gasteiger partial charge >= 0.3 is 0 Å². The zero-order valence-corrected chi connectivity index (χ0v) is 12.2. The van der Waals surface area contributed by atoms with E-state index in [9.17, 15) is 8.42 Å². The molecule has 2 N–H and O–H groups in total. The molecule has 0 amide bonds. The molecule has 1 aromatic carbocycles. The molecule has 0 aliphatic heterocycles. The fourth-order valence-electron chi connectivity index (χ4n) is 1.45. The van der Waals surface area contributed by atoms with E-state index in [1.807, 2.05) is 31.1 Å². The molecular formula is C13H17N3O3S. The number of benzene rings is 1. The highest BCUT2D eigenvalue weighted by atomic mass is 32.2. The van der Waals surface area contributed by atoms with Crippen molar-refractivity contribution in [1.82, 2.24) is 4.72 Å². The van der Waals surface area contributed by atoms with E-state index in [2.05, 4.69) is 4.72 Å². The maximum atomic E-state index is 11.8. The maximum Gasteiger partial charge on any atom is 0.250 e. The van der Waals surface area contributed by atoms with E-state index in [0.29, 0.717) is 5.56 Å². The molecule has 0 fully saturated rings. The van der Waals surface area contributed by atoms with Gasteiger partial charge < -0.3 is 10.0 Å². The van der Waals surface area contributed by atoms with Gasteiger partial charge in [0.1, 0.15) is 6.07 Å². The summed E-state index contributed by atoms with van der Waals surface area (Å²) in [4.78, 5) is 1.53. The summed E-state index contributed by atoms with van der Waals surface area (Å²) in [7, 11) is -0.0844. The van der Waals surface area contributed by atoms with Gasteiger partial charge in [-0.3, -0.25) is 0 Å². The molecule has 0 aromatic heterocycles. The van der Waals surface area contributed by atoms with Crippen LogP contribution in [0, 0.1) is 11.3 Å². The molecule has 7 heteroatoms. The first-order valence-corrected chi connectivity index (χ1v) is 7.38. The molecule has 0 radical (unpaired) electrons. The Morgan fingerprint density at radius 1 is 1.40 bits per heavy atom. The average Bonchev–Trinajstić information content (AvgIpc) is 2.42. The summed E-state index contributed by atoms with van der Waals surface area (Å²) in [5.41, 5.74) is 1.59. The minimum absolute atomic E-state index is 0.124. The highest BCUT2D eigenvalue weighted by Crippen LogP contribution is 2.16. The summed E-state index contributed by atoms with van der Waals surface area (Å²) in [6, 6.07) is 8.77. The first-order chi connectivity index (χ1) is 9.40. The largest absolute Gasteiger partial charge is 0.395 e. The second kappa shape index (κ2) is 7.05. The zero-order valence-electron chi connectivity index (χ0n) is 11.4. The van der Waals surface area contributed by atoms with Gasteiger partial charge in [-0.25, -0.2) is 13.1 Å². The molecule has 1 rings (SSSR count). The number of hydrogen-bond acceptors (Lipinski definition) is 5. The van der Waals surface area contributed by atoms with Crippen molar-refractivity contribution in [1.29, 1.82) is 5.26 Å². The highest BCUT2D eigenvalue weighted by Gasteiger charge is 2.16. The summed E-state index contributed by atoms with van der Waals surface area (Å²) < 4.78 is 25.7. The number of rotatable bonds is 6. The van der Waals surface area contributed by atoms with Crippen molar-refractivity contribution >= 4 is 21.8 Å². The minimum Gasteiger partial charge on any atom is -0.395 e. The van der Waals surface area contributed by atoms with Crippen LogP contribution in [-0.2, 0) is 10.0 Å². The Morgan fingerprint density at radius 3 is 2.45 bits per heavy atom. The molecule has 0 heterocycles. The number of allylic oxidation sites excluding steroid dienone is 1. The molecule has 1 aromatic rings. The Hall–Kier alpha value is -1.88. The van der Waals surface area contributed by atoms with E-state index in [4.69, 9.17) is 10.4 Å². The van der Waals surface area contributed by atoms with E-state index in [1.165, 1.54) is 6.08 Å². The smallest absolute Gasteiger partial charge is 0.250 e. The molecule has 0 aliphatic rings. The fraction of sp³-hybridized carbons (Fsp3) is 0.308. The van der Waals surface area contributed by atoms with Gasteiger partial charge in [0, 0.05) is 26.3 Å². The van der Waals surface area contributed by atoms with Gasteiger partial charge in [-0.1, -0.05) is 12.1 Å². The van der Waals surface area contributed by atoms with Gasteiger partial charge in [0.2, 0.25) is 0 Å². The predicted octanol–water partition coefficient (Wildman–Crippen LogP) is 0.529. The van der Waals surface area contributed by atoms with Crippen LogP contribution in [-0.4, -0.2) is 40.8 Å². The van der Waals surface area contributed by atoms with E-state index in [0.717, 1.165) is 5.69 Å². The Kier molecular flexibility index (Phi) is 5.70. The molecule has 0 atom stereocenters. The Balaban J connectivity index is 3.03. The highest BCUT2D eigenvalue weighted by molar-refractivity contribution is 7.93. The minimum atomic E-state index is -3.88. The van der Waals surface area contributed by atoms with Crippen LogP contribution in [0.25, 0.3) is 6.08 Å². The quantitative estimate of drug-likeness (QED) is 0.747. The molecule has 20 heavy (non-hydrogen) atoms. The van der Waals surface area contributed by atoms with Crippen LogP contribution in [0.5, 0.6) is 0 Å². The van der Waals surface area contributed by atoms with Crippen LogP contribution in [0.4, 0.5) is 5.69 Å². The molecular weight excluding hydrogens is 278 g/mol. The SMILES string of the molecule is CN(C)c1ccc(/C=C(\C#N)S(=O)(=O)NCCO)cc1. The van der Waals surface area contributed by atoms with Gasteiger partial charge in [0.05, 0.1) is 6.61 Å². The van der Waals surface area contributed by atoms with Crippen molar-refractivity contribution in [2.75, 3.05) is 32.1 Å². The first kappa shape index (κ1) is 16.2. The standard InChI is InChI=1S/C13H17N3O3S/c1-16(2)12-5-3-11(4-6-12)9-13(10-14)20(18,19)15-7-8-17/h3-6,9,15,17H,7-8H2,1-2H3/b13-9+. The molecule has 0 saturated carbocycles. The summed E-state index contributed by atoms with van der Waals surface area (Å²) in [5.74, 6) is 0. The number of aliphatic hydroxyl groups is 1. The molecule has 6 nitrogen and oxygen atoms in total. The molecule has 0 aliphatic carbocycles. The lowest BCUT2D eigenvalue weighted by Crippen LogP contribution is -2.27. The van der Waals surface area contributed by atoms with Gasteiger partial charge in [-0.15, -0.1) is 0 Å². The van der Waals surface area contributed by atoms with Crippen molar-refractivity contribution in [3.8, 4) is 6.07 Å². The zero-order chi connectivity index (χ0) is 15.2. The van der Waals surface area contributed by atoms with E-state index >= 15 is 0 Å². The monoisotopic (exact) mass is 295 g/mol. The van der Waals surface area contributed by atoms with Crippen molar-refractivity contribution in [2.24, 2.45) is 0 Å². The van der Waals surface area contributed by atoms with Gasteiger partial charge in [-0.05, 0) is 23.8 Å². The van der Waals surface area contributed by atoms with Gasteiger partial charge in [-0.2, -0.15) is 5.26 Å². The summed E-state index contributed by atoms with van der Waals surface area (Å²) >= 11 is 0. The van der Waals surface area contributed by atoms with Crippen LogP contribution < -0.4 is 9.62 Å². The maximum absolute atomic E-state index is 11.8. The van der Waals surface area contributed by atoms with Gasteiger partial charge in [0.15, 0.2) is 4.91 Å². The third-order valence-electron chi connectivity index (χ3n) is 2.51. The van der Waals surface area contributed by atoms with Crippen molar-refractivity contribution in [2.45, 2.75) is 0 Å². The molecule has 0 spiro atoms. The number of nitriles is 1. The first-order valence-electron chi connectivity index (χ1n) is 5.90. The third kappa shape index (κ3) is 4.35. The normalized spacial score (nSPS) is 12.0.